The average Bonchev–Trinajstić information content (AvgIpc) is 2.59. The zero-order chi connectivity index (χ0) is 10.7. The quantitative estimate of drug-likeness (QED) is 0.802. The summed E-state index contributed by atoms with van der Waals surface area (Å²) in [6, 6.07) is 9.90. The number of amides is 2. The Morgan fingerprint density at radius 1 is 1.40 bits per heavy atom. The van der Waals surface area contributed by atoms with Gasteiger partial charge in [-0.1, -0.05) is 18.2 Å². The van der Waals surface area contributed by atoms with Crippen molar-refractivity contribution in [2.24, 2.45) is 0 Å². The monoisotopic (exact) mass is 220 g/mol. The Balaban J connectivity index is 2.18. The molecule has 0 aliphatic rings. The molecule has 78 valence electrons. The molecule has 2 rings (SSSR count). The van der Waals surface area contributed by atoms with Crippen molar-refractivity contribution in [1.82, 2.24) is 5.32 Å². The zero-order valence-electron chi connectivity index (χ0n) is 8.41. The van der Waals surface area contributed by atoms with Crippen LogP contribution in [0.4, 0.5) is 9.80 Å². The zero-order valence-corrected chi connectivity index (χ0v) is 9.23. The van der Waals surface area contributed by atoms with Crippen LogP contribution in [0.2, 0.25) is 0 Å². The Morgan fingerprint density at radius 3 is 2.93 bits per heavy atom. The smallest absolute Gasteiger partial charge is 0.319 e. The van der Waals surface area contributed by atoms with Gasteiger partial charge in [-0.2, -0.15) is 0 Å². The highest BCUT2D eigenvalue weighted by Gasteiger charge is 2.03. The van der Waals surface area contributed by atoms with Crippen molar-refractivity contribution in [2.45, 2.75) is 6.92 Å². The van der Waals surface area contributed by atoms with E-state index >= 15 is 0 Å². The Bertz CT molecular complexity index is 445. The molecule has 3 nitrogen and oxygen atoms in total. The van der Waals surface area contributed by atoms with Gasteiger partial charge >= 0.3 is 6.03 Å². The second kappa shape index (κ2) is 4.31. The van der Waals surface area contributed by atoms with Gasteiger partial charge in [0, 0.05) is 11.2 Å². The van der Waals surface area contributed by atoms with Gasteiger partial charge in [0.25, 0.3) is 0 Å². The number of hydrogen-bond acceptors (Lipinski definition) is 2. The van der Waals surface area contributed by atoms with E-state index in [4.69, 9.17) is 0 Å². The van der Waals surface area contributed by atoms with Gasteiger partial charge in [0.15, 0.2) is 0 Å². The Labute approximate surface area is 92.1 Å². The minimum Gasteiger partial charge on any atom is -0.338 e. The fourth-order valence-electron chi connectivity index (χ4n) is 1.36. The minimum absolute atomic E-state index is 0.149. The van der Waals surface area contributed by atoms with Gasteiger partial charge in [-0.3, -0.25) is 5.32 Å². The molecule has 2 N–H and O–H groups in total. The van der Waals surface area contributed by atoms with Crippen LogP contribution in [0.1, 0.15) is 6.92 Å². The molecule has 0 unspecified atom stereocenters. The lowest BCUT2D eigenvalue weighted by Crippen LogP contribution is -2.27. The lowest BCUT2D eigenvalue weighted by molar-refractivity contribution is 0.252. The second-order valence-electron chi connectivity index (χ2n) is 3.13. The van der Waals surface area contributed by atoms with E-state index in [2.05, 4.69) is 10.6 Å². The van der Waals surface area contributed by atoms with Gasteiger partial charge in [0.05, 0.1) is 5.00 Å². The van der Waals surface area contributed by atoms with E-state index in [1.54, 1.807) is 11.3 Å². The van der Waals surface area contributed by atoms with E-state index in [1.165, 1.54) is 4.70 Å². The Morgan fingerprint density at radius 2 is 2.20 bits per heavy atom. The normalized spacial score (nSPS) is 10.2. The summed E-state index contributed by atoms with van der Waals surface area (Å²) in [5.41, 5.74) is 0. The number of carbonyl (C=O) groups is 1. The molecule has 0 fully saturated rings. The molecular formula is C11H12N2OS. The summed E-state index contributed by atoms with van der Waals surface area (Å²) in [5, 5.41) is 7.53. The number of anilines is 1. The van der Waals surface area contributed by atoms with Crippen LogP contribution >= 0.6 is 11.3 Å². The van der Waals surface area contributed by atoms with Crippen LogP contribution in [0.3, 0.4) is 0 Å². The number of rotatable bonds is 2. The summed E-state index contributed by atoms with van der Waals surface area (Å²) >= 11 is 1.58. The first-order valence-electron chi connectivity index (χ1n) is 4.83. The van der Waals surface area contributed by atoms with E-state index in [1.807, 2.05) is 37.3 Å². The van der Waals surface area contributed by atoms with Crippen LogP contribution < -0.4 is 10.6 Å². The lowest BCUT2D eigenvalue weighted by Gasteiger charge is -2.01. The number of urea groups is 1. The van der Waals surface area contributed by atoms with Crippen LogP contribution in [0.5, 0.6) is 0 Å². The molecule has 1 heterocycles. The van der Waals surface area contributed by atoms with Crippen LogP contribution in [-0.4, -0.2) is 12.6 Å². The summed E-state index contributed by atoms with van der Waals surface area (Å²) in [6.07, 6.45) is 0. The largest absolute Gasteiger partial charge is 0.338 e. The molecule has 0 radical (unpaired) electrons. The van der Waals surface area contributed by atoms with E-state index < -0.39 is 0 Å². The van der Waals surface area contributed by atoms with Crippen molar-refractivity contribution in [2.75, 3.05) is 11.9 Å². The van der Waals surface area contributed by atoms with Gasteiger partial charge in [0.2, 0.25) is 0 Å². The molecule has 2 aromatic rings. The van der Waals surface area contributed by atoms with Crippen molar-refractivity contribution in [3.05, 3.63) is 30.3 Å². The third kappa shape index (κ3) is 2.27. The van der Waals surface area contributed by atoms with Crippen LogP contribution in [0.15, 0.2) is 30.3 Å². The van der Waals surface area contributed by atoms with E-state index in [0.717, 1.165) is 10.4 Å². The van der Waals surface area contributed by atoms with E-state index in [-0.39, 0.29) is 6.03 Å². The Hall–Kier alpha value is -1.55. The van der Waals surface area contributed by atoms with Crippen LogP contribution in [0, 0.1) is 0 Å². The molecule has 0 spiro atoms. The number of thiophene rings is 1. The predicted molar refractivity (Wildman–Crippen MR) is 64.5 cm³/mol. The van der Waals surface area contributed by atoms with Gasteiger partial charge < -0.3 is 5.32 Å². The summed E-state index contributed by atoms with van der Waals surface area (Å²) in [4.78, 5) is 11.3. The molecule has 15 heavy (non-hydrogen) atoms. The molecule has 0 bridgehead atoms. The van der Waals surface area contributed by atoms with E-state index in [9.17, 15) is 4.79 Å². The third-order valence-electron chi connectivity index (χ3n) is 2.00. The number of fused-ring (bicyclic) bond motifs is 1. The average molecular weight is 220 g/mol. The second-order valence-corrected chi connectivity index (χ2v) is 4.22. The highest BCUT2D eigenvalue weighted by molar-refractivity contribution is 7.22. The lowest BCUT2D eigenvalue weighted by atomic mass is 10.3. The van der Waals surface area contributed by atoms with Gasteiger partial charge in [-0.15, -0.1) is 11.3 Å². The van der Waals surface area contributed by atoms with Crippen LogP contribution in [-0.2, 0) is 0 Å². The summed E-state index contributed by atoms with van der Waals surface area (Å²) in [5.74, 6) is 0. The molecule has 4 heteroatoms. The first-order valence-corrected chi connectivity index (χ1v) is 5.64. The molecule has 2 amide bonds. The van der Waals surface area contributed by atoms with Crippen molar-refractivity contribution < 1.29 is 4.79 Å². The maximum atomic E-state index is 11.3. The third-order valence-corrected chi connectivity index (χ3v) is 3.03. The number of carbonyl (C=O) groups excluding carboxylic acids is 1. The van der Waals surface area contributed by atoms with Gasteiger partial charge in [0.1, 0.15) is 0 Å². The number of nitrogens with one attached hydrogen (secondary N) is 2. The van der Waals surface area contributed by atoms with E-state index in [0.29, 0.717) is 6.54 Å². The number of hydrogen-bond donors (Lipinski definition) is 2. The SMILES string of the molecule is CCNC(=O)Nc1cc2ccccc2s1. The number of benzene rings is 1. The van der Waals surface area contributed by atoms with Gasteiger partial charge in [-0.25, -0.2) is 4.79 Å². The molecule has 0 saturated heterocycles. The Kier molecular flexibility index (Phi) is 2.87. The summed E-state index contributed by atoms with van der Waals surface area (Å²) in [7, 11) is 0. The minimum atomic E-state index is -0.149. The highest BCUT2D eigenvalue weighted by Crippen LogP contribution is 2.29. The van der Waals surface area contributed by atoms with Gasteiger partial charge in [-0.05, 0) is 24.4 Å². The maximum Gasteiger partial charge on any atom is 0.319 e. The molecule has 1 aromatic carbocycles. The maximum absolute atomic E-state index is 11.3. The fraction of sp³-hybridized carbons (Fsp3) is 0.182. The highest BCUT2D eigenvalue weighted by atomic mass is 32.1. The molecule has 0 aliphatic carbocycles. The fourth-order valence-corrected chi connectivity index (χ4v) is 2.32. The van der Waals surface area contributed by atoms with Crippen molar-refractivity contribution in [3.63, 3.8) is 0 Å². The molecular weight excluding hydrogens is 208 g/mol. The molecule has 0 saturated carbocycles. The van der Waals surface area contributed by atoms with Crippen molar-refractivity contribution in [1.29, 1.82) is 0 Å². The predicted octanol–water partition coefficient (Wildman–Crippen LogP) is 3.04. The molecule has 0 aliphatic heterocycles. The summed E-state index contributed by atoms with van der Waals surface area (Å²) < 4.78 is 1.18. The van der Waals surface area contributed by atoms with Crippen molar-refractivity contribution >= 4 is 32.5 Å². The van der Waals surface area contributed by atoms with Crippen molar-refractivity contribution in [3.8, 4) is 0 Å². The summed E-state index contributed by atoms with van der Waals surface area (Å²) in [6.45, 7) is 2.53. The first kappa shape index (κ1) is 9.98. The van der Waals surface area contributed by atoms with Crippen LogP contribution in [0.25, 0.3) is 10.1 Å². The molecule has 0 atom stereocenters. The topological polar surface area (TPSA) is 41.1 Å². The standard InChI is InChI=1S/C11H12N2OS/c1-2-12-11(14)13-10-7-8-5-3-4-6-9(8)15-10/h3-7H,2H2,1H3,(H2,12,13,14). The molecule has 1 aromatic heterocycles. The first-order chi connectivity index (χ1) is 7.29.